The minimum Gasteiger partial charge on any atom is -0.344 e. The van der Waals surface area contributed by atoms with Crippen molar-refractivity contribution in [3.8, 4) is 0 Å². The average molecular weight is 415 g/mol. The molecular formula is C15H13Br2NOS. The summed E-state index contributed by atoms with van der Waals surface area (Å²) < 4.78 is 1.88. The molecule has 0 spiro atoms. The van der Waals surface area contributed by atoms with E-state index >= 15 is 0 Å². The lowest BCUT2D eigenvalue weighted by molar-refractivity contribution is 0.0936. The fourth-order valence-electron chi connectivity index (χ4n) is 2.23. The van der Waals surface area contributed by atoms with Gasteiger partial charge in [-0.2, -0.15) is 0 Å². The van der Waals surface area contributed by atoms with Gasteiger partial charge in [0.15, 0.2) is 0 Å². The van der Waals surface area contributed by atoms with Crippen molar-refractivity contribution in [3.05, 3.63) is 55.1 Å². The largest absolute Gasteiger partial charge is 0.344 e. The van der Waals surface area contributed by atoms with Crippen LogP contribution in [0.1, 0.15) is 34.1 Å². The van der Waals surface area contributed by atoms with Crippen LogP contribution in [0, 0.1) is 5.92 Å². The number of amides is 1. The van der Waals surface area contributed by atoms with Crippen molar-refractivity contribution in [2.75, 3.05) is 0 Å². The van der Waals surface area contributed by atoms with E-state index in [9.17, 15) is 4.79 Å². The summed E-state index contributed by atoms with van der Waals surface area (Å²) in [5, 5.41) is 3.18. The van der Waals surface area contributed by atoms with Gasteiger partial charge >= 0.3 is 0 Å². The van der Waals surface area contributed by atoms with Crippen LogP contribution in [0.3, 0.4) is 0 Å². The number of halogens is 2. The van der Waals surface area contributed by atoms with E-state index in [1.165, 1.54) is 29.7 Å². The van der Waals surface area contributed by atoms with Gasteiger partial charge in [0, 0.05) is 4.47 Å². The summed E-state index contributed by atoms with van der Waals surface area (Å²) in [6.07, 6.45) is 2.38. The van der Waals surface area contributed by atoms with E-state index in [1.807, 2.05) is 24.3 Å². The fraction of sp³-hybridized carbons (Fsp3) is 0.267. The second kappa shape index (κ2) is 6.00. The van der Waals surface area contributed by atoms with Gasteiger partial charge in [0.25, 0.3) is 5.91 Å². The first kappa shape index (κ1) is 14.3. The molecule has 1 aromatic carbocycles. The maximum atomic E-state index is 12.4. The minimum atomic E-state index is 0.00199. The van der Waals surface area contributed by atoms with E-state index in [0.29, 0.717) is 5.92 Å². The van der Waals surface area contributed by atoms with Crippen molar-refractivity contribution in [3.63, 3.8) is 0 Å². The molecule has 1 unspecified atom stereocenters. The molecule has 1 aliphatic carbocycles. The van der Waals surface area contributed by atoms with Crippen molar-refractivity contribution in [1.82, 2.24) is 5.32 Å². The molecular weight excluding hydrogens is 402 g/mol. The average Bonchev–Trinajstić information content (AvgIpc) is 3.23. The van der Waals surface area contributed by atoms with Crippen molar-refractivity contribution in [2.24, 2.45) is 5.92 Å². The molecule has 2 nitrogen and oxygen atoms in total. The highest BCUT2D eigenvalue weighted by Crippen LogP contribution is 2.41. The van der Waals surface area contributed by atoms with Gasteiger partial charge in [-0.15, -0.1) is 11.3 Å². The molecule has 1 amide bonds. The number of benzene rings is 1. The smallest absolute Gasteiger partial charge is 0.261 e. The third-order valence-electron chi connectivity index (χ3n) is 3.41. The van der Waals surface area contributed by atoms with Gasteiger partial charge in [-0.05, 0) is 62.2 Å². The molecule has 1 atom stereocenters. The van der Waals surface area contributed by atoms with Gasteiger partial charge in [0.1, 0.15) is 0 Å². The Morgan fingerprint density at radius 3 is 2.50 bits per heavy atom. The van der Waals surface area contributed by atoms with Crippen LogP contribution in [0.2, 0.25) is 0 Å². The molecule has 0 aliphatic heterocycles. The summed E-state index contributed by atoms with van der Waals surface area (Å²) in [5.41, 5.74) is 1.19. The van der Waals surface area contributed by atoms with Crippen LogP contribution in [0.25, 0.3) is 0 Å². The molecule has 2 aromatic rings. The van der Waals surface area contributed by atoms with Gasteiger partial charge < -0.3 is 5.32 Å². The third kappa shape index (κ3) is 3.15. The lowest BCUT2D eigenvalue weighted by Gasteiger charge is -2.18. The van der Waals surface area contributed by atoms with Crippen molar-refractivity contribution >= 4 is 49.1 Å². The highest BCUT2D eigenvalue weighted by atomic mass is 79.9. The van der Waals surface area contributed by atoms with E-state index in [-0.39, 0.29) is 11.9 Å². The first-order valence-electron chi connectivity index (χ1n) is 6.46. The Labute approximate surface area is 138 Å². The Bertz CT molecular complexity index is 603. The number of carbonyl (C=O) groups excluding carboxylic acids is 1. The third-order valence-corrected chi connectivity index (χ3v) is 6.66. The summed E-state index contributed by atoms with van der Waals surface area (Å²) in [6, 6.07) is 12.2. The van der Waals surface area contributed by atoms with Crippen molar-refractivity contribution < 1.29 is 4.79 Å². The van der Waals surface area contributed by atoms with E-state index in [1.54, 1.807) is 0 Å². The molecule has 1 aliphatic rings. The van der Waals surface area contributed by atoms with Crippen molar-refractivity contribution in [2.45, 2.75) is 18.9 Å². The quantitative estimate of drug-likeness (QED) is 0.735. The number of thiophene rings is 1. The van der Waals surface area contributed by atoms with Gasteiger partial charge in [-0.1, -0.05) is 30.3 Å². The zero-order valence-electron chi connectivity index (χ0n) is 10.6. The molecule has 5 heteroatoms. The second-order valence-electron chi connectivity index (χ2n) is 4.93. The van der Waals surface area contributed by atoms with E-state index in [4.69, 9.17) is 0 Å². The van der Waals surface area contributed by atoms with Crippen LogP contribution < -0.4 is 5.32 Å². The number of rotatable bonds is 4. The van der Waals surface area contributed by atoms with Crippen LogP contribution in [0.4, 0.5) is 0 Å². The monoisotopic (exact) mass is 413 g/mol. The highest BCUT2D eigenvalue weighted by molar-refractivity contribution is 9.13. The normalized spacial score (nSPS) is 15.9. The molecule has 1 N–H and O–H groups in total. The molecule has 1 aromatic heterocycles. The van der Waals surface area contributed by atoms with Crippen LogP contribution in [-0.4, -0.2) is 5.91 Å². The number of nitrogens with one attached hydrogen (secondary N) is 1. The maximum Gasteiger partial charge on any atom is 0.261 e. The van der Waals surface area contributed by atoms with Gasteiger partial charge in [-0.3, -0.25) is 4.79 Å². The molecule has 20 heavy (non-hydrogen) atoms. The van der Waals surface area contributed by atoms with Crippen LogP contribution >= 0.6 is 43.2 Å². The molecule has 3 rings (SSSR count). The van der Waals surface area contributed by atoms with Crippen molar-refractivity contribution in [1.29, 1.82) is 0 Å². The fourth-order valence-corrected chi connectivity index (χ4v) is 4.17. The second-order valence-corrected chi connectivity index (χ2v) is 8.16. The zero-order chi connectivity index (χ0) is 14.1. The lowest BCUT2D eigenvalue weighted by atomic mass is 10.0. The first-order valence-corrected chi connectivity index (χ1v) is 8.86. The molecule has 104 valence electrons. The van der Waals surface area contributed by atoms with Crippen LogP contribution in [0.15, 0.2) is 44.7 Å². The summed E-state index contributed by atoms with van der Waals surface area (Å²) in [6.45, 7) is 0. The lowest BCUT2D eigenvalue weighted by Crippen LogP contribution is -2.29. The van der Waals surface area contributed by atoms with Gasteiger partial charge in [0.2, 0.25) is 0 Å². The van der Waals surface area contributed by atoms with Crippen LogP contribution in [0.5, 0.6) is 0 Å². The Kier molecular flexibility index (Phi) is 4.29. The molecule has 1 fully saturated rings. The van der Waals surface area contributed by atoms with Crippen LogP contribution in [-0.2, 0) is 0 Å². The number of hydrogen-bond acceptors (Lipinski definition) is 2. The van der Waals surface area contributed by atoms with E-state index in [2.05, 4.69) is 49.3 Å². The molecule has 0 bridgehead atoms. The Morgan fingerprint density at radius 2 is 1.95 bits per heavy atom. The zero-order valence-corrected chi connectivity index (χ0v) is 14.6. The van der Waals surface area contributed by atoms with Gasteiger partial charge in [0.05, 0.1) is 14.7 Å². The topological polar surface area (TPSA) is 29.1 Å². The summed E-state index contributed by atoms with van der Waals surface area (Å²) in [7, 11) is 0. The van der Waals surface area contributed by atoms with E-state index in [0.717, 1.165) is 13.1 Å². The SMILES string of the molecule is O=C(NC(c1ccccc1)C1CC1)c1cc(Br)c(Br)s1. The Morgan fingerprint density at radius 1 is 1.25 bits per heavy atom. The predicted octanol–water partition coefficient (Wildman–Crippen LogP) is 5.15. The van der Waals surface area contributed by atoms with E-state index < -0.39 is 0 Å². The Balaban J connectivity index is 1.78. The summed E-state index contributed by atoms with van der Waals surface area (Å²) >= 11 is 8.30. The summed E-state index contributed by atoms with van der Waals surface area (Å²) in [4.78, 5) is 13.1. The Hall–Kier alpha value is -0.650. The molecule has 1 heterocycles. The highest BCUT2D eigenvalue weighted by Gasteiger charge is 2.33. The van der Waals surface area contributed by atoms with Gasteiger partial charge in [-0.25, -0.2) is 0 Å². The molecule has 0 saturated heterocycles. The predicted molar refractivity (Wildman–Crippen MR) is 89.1 cm³/mol. The standard InChI is InChI=1S/C15H13Br2NOS/c16-11-8-12(20-14(11)17)15(19)18-13(10-6-7-10)9-4-2-1-3-5-9/h1-5,8,10,13H,6-7H2,(H,18,19). The molecule has 0 radical (unpaired) electrons. The number of hydrogen-bond donors (Lipinski definition) is 1. The molecule has 1 saturated carbocycles. The summed E-state index contributed by atoms with van der Waals surface area (Å²) in [5.74, 6) is 0.579. The maximum absolute atomic E-state index is 12.4. The first-order chi connectivity index (χ1) is 9.65. The number of carbonyl (C=O) groups is 1. The minimum absolute atomic E-state index is 0.00199.